The Labute approximate surface area is 169 Å². The van der Waals surface area contributed by atoms with Crippen molar-refractivity contribution in [2.45, 2.75) is 0 Å². The largest absolute Gasteiger partial charge is 0.465 e. The first-order chi connectivity index (χ1) is 14.3. The van der Waals surface area contributed by atoms with Crippen molar-refractivity contribution in [3.05, 3.63) is 63.7 Å². The molecule has 0 bridgehead atoms. The fourth-order valence-corrected chi connectivity index (χ4v) is 2.64. The number of nitrogen functional groups attached to an aromatic ring is 2. The van der Waals surface area contributed by atoms with Crippen molar-refractivity contribution in [2.75, 3.05) is 18.6 Å². The van der Waals surface area contributed by atoms with E-state index in [1.807, 2.05) is 6.07 Å². The van der Waals surface area contributed by atoms with Gasteiger partial charge in [-0.2, -0.15) is 10.2 Å². The molecule has 150 valence electrons. The van der Waals surface area contributed by atoms with Crippen LogP contribution in [0.1, 0.15) is 15.9 Å². The summed E-state index contributed by atoms with van der Waals surface area (Å²) in [5.74, 6) is -0.642. The number of carbonyl (C=O) groups excluding carboxylic acids is 1. The van der Waals surface area contributed by atoms with Crippen LogP contribution >= 0.6 is 0 Å². The molecule has 0 aliphatic carbocycles. The summed E-state index contributed by atoms with van der Waals surface area (Å²) in [5, 5.41) is 20.4. The molecule has 0 unspecified atom stereocenters. The van der Waals surface area contributed by atoms with E-state index in [9.17, 15) is 20.2 Å². The monoisotopic (exact) mass is 406 g/mol. The maximum atomic E-state index is 12.0. The van der Waals surface area contributed by atoms with E-state index in [0.29, 0.717) is 5.56 Å². The standard InChI is InChI=1S/C19H14N6O5/c1-29-18(26)13-8-11(25(27)28)5-6-15(13)30-12-4-2-3-10(7-12)16-14(9-20)17(21)24-19(22)23-16/h2-8H,1H3,(H4,21,22,23,24). The predicted molar refractivity (Wildman–Crippen MR) is 106 cm³/mol. The van der Waals surface area contributed by atoms with Crippen LogP contribution < -0.4 is 16.2 Å². The SMILES string of the molecule is COC(=O)c1cc([N+](=O)[O-])ccc1Oc1cccc(-c2nc(N)nc(N)c2C#N)c1. The Bertz CT molecular complexity index is 1200. The number of nitriles is 1. The number of nitro benzene ring substituents is 1. The molecule has 2 aromatic carbocycles. The third-order valence-electron chi connectivity index (χ3n) is 3.98. The molecular weight excluding hydrogens is 392 g/mol. The maximum Gasteiger partial charge on any atom is 0.341 e. The number of anilines is 2. The quantitative estimate of drug-likeness (QED) is 0.363. The summed E-state index contributed by atoms with van der Waals surface area (Å²) in [5.41, 5.74) is 11.7. The van der Waals surface area contributed by atoms with Crippen LogP contribution in [0.15, 0.2) is 42.5 Å². The molecule has 4 N–H and O–H groups in total. The summed E-state index contributed by atoms with van der Waals surface area (Å²) in [6.45, 7) is 0. The molecule has 3 rings (SSSR count). The molecule has 0 aliphatic rings. The van der Waals surface area contributed by atoms with Gasteiger partial charge >= 0.3 is 5.97 Å². The Morgan fingerprint density at radius 1 is 1.20 bits per heavy atom. The minimum atomic E-state index is -0.798. The molecule has 1 aromatic heterocycles. The molecule has 0 aliphatic heterocycles. The molecule has 0 saturated carbocycles. The lowest BCUT2D eigenvalue weighted by Crippen LogP contribution is -2.05. The van der Waals surface area contributed by atoms with Gasteiger partial charge in [0.25, 0.3) is 5.69 Å². The number of esters is 1. The van der Waals surface area contributed by atoms with Gasteiger partial charge in [0, 0.05) is 17.7 Å². The highest BCUT2D eigenvalue weighted by Gasteiger charge is 2.20. The number of nitrogens with zero attached hydrogens (tertiary/aromatic N) is 4. The minimum Gasteiger partial charge on any atom is -0.465 e. The highest BCUT2D eigenvalue weighted by atomic mass is 16.6. The highest BCUT2D eigenvalue weighted by Crippen LogP contribution is 2.32. The molecule has 0 radical (unpaired) electrons. The van der Waals surface area contributed by atoms with E-state index in [-0.39, 0.29) is 45.8 Å². The van der Waals surface area contributed by atoms with Gasteiger partial charge in [0.05, 0.1) is 17.7 Å². The van der Waals surface area contributed by atoms with Crippen molar-refractivity contribution < 1.29 is 19.2 Å². The van der Waals surface area contributed by atoms with Crippen LogP contribution in [0.4, 0.5) is 17.5 Å². The molecule has 30 heavy (non-hydrogen) atoms. The average molecular weight is 406 g/mol. The second kappa shape index (κ2) is 8.11. The number of nitro groups is 1. The molecule has 11 heteroatoms. The van der Waals surface area contributed by atoms with Crippen molar-refractivity contribution >= 4 is 23.4 Å². The molecule has 3 aromatic rings. The number of nitrogens with two attached hydrogens (primary N) is 2. The first kappa shape index (κ1) is 20.0. The van der Waals surface area contributed by atoms with E-state index in [1.165, 1.54) is 12.1 Å². The summed E-state index contributed by atoms with van der Waals surface area (Å²) in [6, 6.07) is 11.9. The summed E-state index contributed by atoms with van der Waals surface area (Å²) < 4.78 is 10.4. The van der Waals surface area contributed by atoms with Crippen LogP contribution in [-0.2, 0) is 4.74 Å². The third-order valence-corrected chi connectivity index (χ3v) is 3.98. The Kier molecular flexibility index (Phi) is 5.41. The summed E-state index contributed by atoms with van der Waals surface area (Å²) in [7, 11) is 1.15. The van der Waals surface area contributed by atoms with Crippen molar-refractivity contribution in [1.82, 2.24) is 9.97 Å². The van der Waals surface area contributed by atoms with E-state index in [4.69, 9.17) is 16.2 Å². The molecular formula is C19H14N6O5. The predicted octanol–water partition coefficient (Wildman–Crippen LogP) is 2.67. The fraction of sp³-hybridized carbons (Fsp3) is 0.0526. The zero-order chi connectivity index (χ0) is 21.8. The summed E-state index contributed by atoms with van der Waals surface area (Å²) >= 11 is 0. The lowest BCUT2D eigenvalue weighted by atomic mass is 10.1. The van der Waals surface area contributed by atoms with Crippen molar-refractivity contribution in [1.29, 1.82) is 5.26 Å². The first-order valence-electron chi connectivity index (χ1n) is 8.32. The minimum absolute atomic E-state index is 0.0480. The number of benzene rings is 2. The van der Waals surface area contributed by atoms with Gasteiger partial charge in [-0.25, -0.2) is 9.78 Å². The van der Waals surface area contributed by atoms with Gasteiger partial charge in [-0.05, 0) is 18.2 Å². The molecule has 11 nitrogen and oxygen atoms in total. The Balaban J connectivity index is 2.04. The van der Waals surface area contributed by atoms with E-state index in [2.05, 4.69) is 14.7 Å². The lowest BCUT2D eigenvalue weighted by molar-refractivity contribution is -0.384. The molecule has 0 spiro atoms. The highest BCUT2D eigenvalue weighted by molar-refractivity contribution is 5.93. The Morgan fingerprint density at radius 2 is 1.97 bits per heavy atom. The number of hydrogen-bond donors (Lipinski definition) is 2. The average Bonchev–Trinajstić information content (AvgIpc) is 2.73. The molecule has 0 atom stereocenters. The Hall–Kier alpha value is -4.72. The van der Waals surface area contributed by atoms with Gasteiger partial charge in [0.15, 0.2) is 0 Å². The summed E-state index contributed by atoms with van der Waals surface area (Å²) in [4.78, 5) is 30.3. The molecule has 0 amide bonds. The van der Waals surface area contributed by atoms with Crippen LogP contribution in [0.5, 0.6) is 11.5 Å². The van der Waals surface area contributed by atoms with E-state index in [0.717, 1.165) is 13.2 Å². The van der Waals surface area contributed by atoms with Gasteiger partial charge in [-0.3, -0.25) is 10.1 Å². The lowest BCUT2D eigenvalue weighted by Gasteiger charge is -2.12. The third kappa shape index (κ3) is 3.92. The van der Waals surface area contributed by atoms with Crippen molar-refractivity contribution in [2.24, 2.45) is 0 Å². The van der Waals surface area contributed by atoms with Gasteiger partial charge in [-0.15, -0.1) is 0 Å². The van der Waals surface area contributed by atoms with Crippen LogP contribution in [0.2, 0.25) is 0 Å². The number of carbonyl (C=O) groups is 1. The van der Waals surface area contributed by atoms with Gasteiger partial charge < -0.3 is 20.9 Å². The topological polar surface area (TPSA) is 180 Å². The van der Waals surface area contributed by atoms with E-state index >= 15 is 0 Å². The second-order valence-corrected chi connectivity index (χ2v) is 5.86. The van der Waals surface area contributed by atoms with Gasteiger partial charge in [0.1, 0.15) is 34.5 Å². The van der Waals surface area contributed by atoms with Crippen LogP contribution in [0.3, 0.4) is 0 Å². The van der Waals surface area contributed by atoms with Crippen molar-refractivity contribution in [3.8, 4) is 28.8 Å². The van der Waals surface area contributed by atoms with E-state index in [1.54, 1.807) is 24.3 Å². The second-order valence-electron chi connectivity index (χ2n) is 5.86. The van der Waals surface area contributed by atoms with Crippen molar-refractivity contribution in [3.63, 3.8) is 0 Å². The fourth-order valence-electron chi connectivity index (χ4n) is 2.64. The Morgan fingerprint density at radius 3 is 2.63 bits per heavy atom. The number of methoxy groups -OCH3 is 1. The number of ether oxygens (including phenoxy) is 2. The summed E-state index contributed by atoms with van der Waals surface area (Å²) in [6.07, 6.45) is 0. The number of aromatic nitrogens is 2. The number of hydrogen-bond acceptors (Lipinski definition) is 10. The van der Waals surface area contributed by atoms with E-state index < -0.39 is 10.9 Å². The maximum absolute atomic E-state index is 12.0. The van der Waals surface area contributed by atoms with Crippen LogP contribution in [0, 0.1) is 21.4 Å². The smallest absolute Gasteiger partial charge is 0.341 e. The zero-order valence-electron chi connectivity index (χ0n) is 15.5. The number of non-ortho nitro benzene ring substituents is 1. The molecule has 1 heterocycles. The van der Waals surface area contributed by atoms with Crippen LogP contribution in [0.25, 0.3) is 11.3 Å². The normalized spacial score (nSPS) is 10.1. The molecule has 0 fully saturated rings. The first-order valence-corrected chi connectivity index (χ1v) is 8.32. The molecule has 0 saturated heterocycles. The zero-order valence-corrected chi connectivity index (χ0v) is 15.5. The van der Waals surface area contributed by atoms with Gasteiger partial charge in [-0.1, -0.05) is 12.1 Å². The van der Waals surface area contributed by atoms with Crippen LogP contribution in [-0.4, -0.2) is 28.0 Å². The number of rotatable bonds is 5. The van der Waals surface area contributed by atoms with Gasteiger partial charge in [0.2, 0.25) is 5.95 Å².